The second kappa shape index (κ2) is 16.3. The number of nitrogens with zero attached hydrogens (tertiary/aromatic N) is 2. The second-order valence-corrected chi connectivity index (χ2v) is 16.1. The molecule has 1 heterocycles. The van der Waals surface area contributed by atoms with Crippen LogP contribution in [-0.4, -0.2) is 72.1 Å². The van der Waals surface area contributed by atoms with Crippen molar-refractivity contribution < 1.29 is 45.8 Å². The normalized spacial score (nSPS) is 16.9. The van der Waals surface area contributed by atoms with Crippen molar-refractivity contribution in [2.45, 2.75) is 103 Å². The van der Waals surface area contributed by atoms with Gasteiger partial charge in [0.15, 0.2) is 0 Å². The summed E-state index contributed by atoms with van der Waals surface area (Å²) in [6.07, 6.45) is -4.52. The van der Waals surface area contributed by atoms with E-state index in [-0.39, 0.29) is 59.8 Å². The van der Waals surface area contributed by atoms with E-state index in [1.54, 1.807) is 20.8 Å². The van der Waals surface area contributed by atoms with E-state index in [1.165, 1.54) is 24.3 Å². The van der Waals surface area contributed by atoms with Crippen molar-refractivity contribution in [1.82, 2.24) is 20.6 Å². The van der Waals surface area contributed by atoms with Crippen molar-refractivity contribution >= 4 is 40.4 Å². The van der Waals surface area contributed by atoms with E-state index in [0.29, 0.717) is 24.1 Å². The third-order valence-electron chi connectivity index (χ3n) is 8.34. The molecule has 1 amide bonds. The third-order valence-corrected chi connectivity index (χ3v) is 9.67. The average Bonchev–Trinajstić information content (AvgIpc) is 2.97. The molecule has 0 unspecified atom stereocenters. The lowest BCUT2D eigenvalue weighted by Crippen LogP contribution is -2.57. The summed E-state index contributed by atoms with van der Waals surface area (Å²) in [5.74, 6) is -1.81. The molecule has 4 rings (SSSR count). The first-order valence-electron chi connectivity index (χ1n) is 16.3. The zero-order valence-electron chi connectivity index (χ0n) is 29.9. The van der Waals surface area contributed by atoms with Crippen LogP contribution in [0, 0.1) is 19.3 Å². The van der Waals surface area contributed by atoms with Crippen LogP contribution in [0.2, 0.25) is 0 Å². The third kappa shape index (κ3) is 11.2. The number of aryl methyl sites for hydroxylation is 2. The monoisotopic (exact) mass is 771 g/mol. The van der Waals surface area contributed by atoms with Crippen molar-refractivity contribution in [2.75, 3.05) is 11.3 Å². The minimum atomic E-state index is -4.51. The van der Waals surface area contributed by atoms with Gasteiger partial charge in [-0.3, -0.25) is 0 Å². The molecule has 0 spiro atoms. The van der Waals surface area contributed by atoms with Crippen molar-refractivity contribution in [3.05, 3.63) is 65.2 Å². The summed E-state index contributed by atoms with van der Waals surface area (Å²) in [5, 5.41) is 15.4. The van der Waals surface area contributed by atoms with E-state index < -0.39 is 45.3 Å². The average molecular weight is 772 g/mol. The minimum Gasteiger partial charge on any atom is -0.478 e. The number of ether oxygens (including phenoxy) is 2. The van der Waals surface area contributed by atoms with E-state index in [0.717, 1.165) is 31.0 Å². The number of aromatic nitrogens is 2. The number of carboxylic acid groups (broad SMARTS) is 1. The highest BCUT2D eigenvalue weighted by Gasteiger charge is 2.48. The van der Waals surface area contributed by atoms with E-state index in [2.05, 4.69) is 25.3 Å². The predicted molar refractivity (Wildman–Crippen MR) is 191 cm³/mol. The van der Waals surface area contributed by atoms with Gasteiger partial charge in [-0.15, -0.1) is 12.4 Å². The molecule has 1 saturated carbocycles. The summed E-state index contributed by atoms with van der Waals surface area (Å²) in [6.45, 7) is 10.8. The van der Waals surface area contributed by atoms with Gasteiger partial charge in [0.2, 0.25) is 11.8 Å². The lowest BCUT2D eigenvalue weighted by atomic mass is 9.82. The number of carbonyl (C=O) groups excluding carboxylic acids is 1. The number of hydrogen-bond acceptors (Lipinski definition) is 9. The second-order valence-electron chi connectivity index (χ2n) is 14.4. The summed E-state index contributed by atoms with van der Waals surface area (Å²) < 4.78 is 82.3. The molecule has 1 fully saturated rings. The first kappa shape index (κ1) is 42.3. The fraction of sp³-hybridized carbons (Fsp3) is 0.486. The largest absolute Gasteiger partial charge is 0.478 e. The molecule has 0 radical (unpaired) electrons. The van der Waals surface area contributed by atoms with Crippen LogP contribution in [0.5, 0.6) is 5.88 Å². The Kier molecular flexibility index (Phi) is 13.2. The fourth-order valence-electron chi connectivity index (χ4n) is 5.63. The number of carbonyl (C=O) groups is 2. The number of aromatic carboxylic acids is 1. The number of nitrogens with one attached hydrogen (secondary N) is 3. The standard InChI is InChI=1S/C35H44F3N5O7S.ClH/c1-20-10-8-11-21(2)29(20)27-17-28(42-31(41-27)43-51(47,48)26-13-9-12-22(14-26)30(44)45)49-19-25(18-34(6,7)35(36,37)38)39-23-15-24(16-23)40-32(46)50-33(3,4)5;/h8-14,17,23-25,39H,15-16,18-19H2,1-7H3,(H,40,46)(H,44,45)(H,41,42,43);1H/t23?,24?,25-;/m1./s1. The Morgan fingerprint density at radius 2 is 1.58 bits per heavy atom. The molecule has 12 nitrogen and oxygen atoms in total. The maximum absolute atomic E-state index is 14.0. The minimum absolute atomic E-state index is 0. The van der Waals surface area contributed by atoms with Crippen LogP contribution < -0.4 is 20.1 Å². The number of halogens is 4. The number of anilines is 1. The molecule has 1 aliphatic carbocycles. The molecule has 17 heteroatoms. The highest BCUT2D eigenvalue weighted by atomic mass is 35.5. The number of benzene rings is 2. The van der Waals surface area contributed by atoms with Gasteiger partial charge in [0.05, 0.1) is 21.6 Å². The van der Waals surface area contributed by atoms with Gasteiger partial charge in [0.1, 0.15) is 12.2 Å². The molecule has 0 saturated heterocycles. The van der Waals surface area contributed by atoms with Gasteiger partial charge in [-0.05, 0) is 83.2 Å². The summed E-state index contributed by atoms with van der Waals surface area (Å²) in [6, 6.07) is 10.5. The van der Waals surface area contributed by atoms with Gasteiger partial charge < -0.3 is 25.2 Å². The molecule has 286 valence electrons. The molecule has 0 aliphatic heterocycles. The maximum Gasteiger partial charge on any atom is 0.407 e. The van der Waals surface area contributed by atoms with Gasteiger partial charge in [-0.1, -0.05) is 38.1 Å². The van der Waals surface area contributed by atoms with Gasteiger partial charge in [-0.2, -0.15) is 18.2 Å². The summed E-state index contributed by atoms with van der Waals surface area (Å²) >= 11 is 0. The topological polar surface area (TPSA) is 169 Å². The summed E-state index contributed by atoms with van der Waals surface area (Å²) in [4.78, 5) is 32.0. The van der Waals surface area contributed by atoms with Crippen LogP contribution in [0.4, 0.5) is 23.9 Å². The molecule has 3 aromatic rings. The fourth-order valence-corrected chi connectivity index (χ4v) is 6.62. The van der Waals surface area contributed by atoms with Crippen LogP contribution in [0.15, 0.2) is 53.4 Å². The van der Waals surface area contributed by atoms with Gasteiger partial charge >= 0.3 is 18.2 Å². The quantitative estimate of drug-likeness (QED) is 0.141. The Morgan fingerprint density at radius 3 is 2.15 bits per heavy atom. The summed E-state index contributed by atoms with van der Waals surface area (Å²) in [5.41, 5.74) is -0.424. The molecular formula is C35H45ClF3N5O7S. The Morgan fingerprint density at radius 1 is 0.962 bits per heavy atom. The van der Waals surface area contributed by atoms with Gasteiger partial charge in [0.25, 0.3) is 10.0 Å². The lowest BCUT2D eigenvalue weighted by molar-refractivity contribution is -0.216. The SMILES string of the molecule is Cc1cccc(C)c1-c1cc(OC[C@@H](CC(C)(C)C(F)(F)F)NC2CC(NC(=O)OC(C)(C)C)C2)nc(NS(=O)(=O)c2cccc(C(=O)O)c2)n1.Cl. The van der Waals surface area contributed by atoms with Gasteiger partial charge in [-0.25, -0.2) is 27.7 Å². The predicted octanol–water partition coefficient (Wildman–Crippen LogP) is 7.05. The van der Waals surface area contributed by atoms with E-state index in [4.69, 9.17) is 9.47 Å². The Balaban J connectivity index is 0.00000729. The zero-order chi connectivity index (χ0) is 37.9. The smallest absolute Gasteiger partial charge is 0.407 e. The lowest BCUT2D eigenvalue weighted by Gasteiger charge is -2.40. The molecule has 1 aliphatic rings. The number of amides is 1. The number of alkyl carbamates (subject to hydrolysis) is 1. The molecular weight excluding hydrogens is 727 g/mol. The number of rotatable bonds is 13. The summed E-state index contributed by atoms with van der Waals surface area (Å²) in [7, 11) is -4.38. The van der Waals surface area contributed by atoms with E-state index >= 15 is 0 Å². The highest BCUT2D eigenvalue weighted by Crippen LogP contribution is 2.41. The highest BCUT2D eigenvalue weighted by molar-refractivity contribution is 7.92. The van der Waals surface area contributed by atoms with Crippen LogP contribution in [0.1, 0.15) is 75.4 Å². The Labute approximate surface area is 307 Å². The van der Waals surface area contributed by atoms with Crippen molar-refractivity contribution in [3.8, 4) is 17.1 Å². The first-order chi connectivity index (χ1) is 23.5. The molecule has 1 atom stereocenters. The van der Waals surface area contributed by atoms with Crippen LogP contribution in [-0.2, 0) is 14.8 Å². The van der Waals surface area contributed by atoms with Gasteiger partial charge in [0, 0.05) is 29.8 Å². The van der Waals surface area contributed by atoms with Crippen LogP contribution in [0.3, 0.4) is 0 Å². The number of carboxylic acids is 1. The molecule has 2 aromatic carbocycles. The Hall–Kier alpha value is -4.15. The van der Waals surface area contributed by atoms with Crippen LogP contribution >= 0.6 is 12.4 Å². The Bertz CT molecular complexity index is 1840. The van der Waals surface area contributed by atoms with E-state index in [9.17, 15) is 36.3 Å². The van der Waals surface area contributed by atoms with E-state index in [1.807, 2.05) is 32.0 Å². The number of sulfonamides is 1. The number of hydrogen-bond donors (Lipinski definition) is 4. The number of alkyl halides is 3. The first-order valence-corrected chi connectivity index (χ1v) is 17.8. The maximum atomic E-state index is 14.0. The van der Waals surface area contributed by atoms with Crippen molar-refractivity contribution in [3.63, 3.8) is 0 Å². The molecule has 52 heavy (non-hydrogen) atoms. The van der Waals surface area contributed by atoms with Crippen LogP contribution in [0.25, 0.3) is 11.3 Å². The molecule has 0 bridgehead atoms. The molecule has 1 aromatic heterocycles. The van der Waals surface area contributed by atoms with Crippen molar-refractivity contribution in [2.24, 2.45) is 5.41 Å². The zero-order valence-corrected chi connectivity index (χ0v) is 31.6. The van der Waals surface area contributed by atoms with Crippen molar-refractivity contribution in [1.29, 1.82) is 0 Å². The molecule has 4 N–H and O–H groups in total.